The fourth-order valence-electron chi connectivity index (χ4n) is 2.95. The summed E-state index contributed by atoms with van der Waals surface area (Å²) in [5.74, 6) is 0.151. The van der Waals surface area contributed by atoms with Gasteiger partial charge in [-0.2, -0.15) is 0 Å². The molecular weight excluding hydrogens is 371 g/mol. The number of carbonyl (C=O) groups is 2. The summed E-state index contributed by atoms with van der Waals surface area (Å²) in [7, 11) is 1.62. The Bertz CT molecular complexity index is 614. The van der Waals surface area contributed by atoms with Crippen LogP contribution in [0.15, 0.2) is 24.3 Å². The van der Waals surface area contributed by atoms with E-state index in [9.17, 15) is 14.0 Å². The van der Waals surface area contributed by atoms with Gasteiger partial charge >= 0.3 is 5.97 Å². The molecule has 1 saturated heterocycles. The summed E-state index contributed by atoms with van der Waals surface area (Å²) < 4.78 is 23.3. The van der Waals surface area contributed by atoms with E-state index in [0.29, 0.717) is 26.3 Å². The van der Waals surface area contributed by atoms with Gasteiger partial charge in [0, 0.05) is 32.6 Å². The van der Waals surface area contributed by atoms with Gasteiger partial charge in [-0.3, -0.25) is 14.5 Å². The number of hydrogen-bond donors (Lipinski definition) is 0. The van der Waals surface area contributed by atoms with Gasteiger partial charge in [0.25, 0.3) is 0 Å². The molecule has 1 aliphatic rings. The first-order valence-electron chi connectivity index (χ1n) is 9.08. The van der Waals surface area contributed by atoms with Crippen molar-refractivity contribution in [3.63, 3.8) is 0 Å². The highest BCUT2D eigenvalue weighted by molar-refractivity contribution is 7.99. The Balaban J connectivity index is 2.00. The van der Waals surface area contributed by atoms with Crippen molar-refractivity contribution in [3.8, 4) is 0 Å². The quantitative estimate of drug-likeness (QED) is 0.445. The number of benzene rings is 1. The summed E-state index contributed by atoms with van der Waals surface area (Å²) in [6.45, 7) is 4.05. The number of esters is 1. The van der Waals surface area contributed by atoms with Crippen LogP contribution in [0.5, 0.6) is 0 Å². The number of thioether (sulfide) groups is 1. The van der Waals surface area contributed by atoms with Crippen LogP contribution in [0, 0.1) is 5.82 Å². The molecular formula is C19H27FN2O4S. The van der Waals surface area contributed by atoms with Crippen LogP contribution in [0.25, 0.3) is 0 Å². The van der Waals surface area contributed by atoms with Crippen molar-refractivity contribution < 1.29 is 23.5 Å². The smallest absolute Gasteiger partial charge is 0.320 e. The van der Waals surface area contributed by atoms with Crippen LogP contribution in [0.2, 0.25) is 0 Å². The molecule has 0 aliphatic carbocycles. The second kappa shape index (κ2) is 11.3. The Morgan fingerprint density at radius 2 is 2.04 bits per heavy atom. The van der Waals surface area contributed by atoms with Crippen molar-refractivity contribution in [2.75, 3.05) is 52.3 Å². The van der Waals surface area contributed by atoms with E-state index in [1.165, 1.54) is 12.1 Å². The topological polar surface area (TPSA) is 59.1 Å². The van der Waals surface area contributed by atoms with Crippen LogP contribution in [0.4, 0.5) is 4.39 Å². The molecule has 0 N–H and O–H groups in total. The van der Waals surface area contributed by atoms with E-state index in [1.54, 1.807) is 47.7 Å². The Hall–Kier alpha value is -1.64. The second-order valence-electron chi connectivity index (χ2n) is 6.22. The number of hydrogen-bond acceptors (Lipinski definition) is 6. The van der Waals surface area contributed by atoms with Crippen molar-refractivity contribution >= 4 is 23.6 Å². The van der Waals surface area contributed by atoms with Gasteiger partial charge in [-0.05, 0) is 31.0 Å². The highest BCUT2D eigenvalue weighted by atomic mass is 32.2. The zero-order chi connectivity index (χ0) is 19.6. The summed E-state index contributed by atoms with van der Waals surface area (Å²) >= 11 is 1.66. The molecule has 0 radical (unpaired) electrons. The van der Waals surface area contributed by atoms with E-state index in [-0.39, 0.29) is 36.2 Å². The van der Waals surface area contributed by atoms with Crippen LogP contribution in [0.3, 0.4) is 0 Å². The lowest BCUT2D eigenvalue weighted by atomic mass is 10.2. The summed E-state index contributed by atoms with van der Waals surface area (Å²) in [4.78, 5) is 28.3. The van der Waals surface area contributed by atoms with Crippen molar-refractivity contribution in [2.24, 2.45) is 0 Å². The number of halogens is 1. The molecule has 0 unspecified atom stereocenters. The summed E-state index contributed by atoms with van der Waals surface area (Å²) in [5, 5.41) is -0.124. The van der Waals surface area contributed by atoms with E-state index >= 15 is 0 Å². The first kappa shape index (κ1) is 21.7. The zero-order valence-electron chi connectivity index (χ0n) is 15.9. The van der Waals surface area contributed by atoms with Crippen molar-refractivity contribution in [1.82, 2.24) is 9.80 Å². The number of carbonyl (C=O) groups excluding carboxylic acids is 2. The van der Waals surface area contributed by atoms with Gasteiger partial charge in [-0.25, -0.2) is 4.39 Å². The molecule has 1 amide bonds. The second-order valence-corrected chi connectivity index (χ2v) is 7.41. The van der Waals surface area contributed by atoms with E-state index in [0.717, 1.165) is 17.7 Å². The largest absolute Gasteiger partial charge is 0.465 e. The molecule has 27 heavy (non-hydrogen) atoms. The molecule has 8 heteroatoms. The summed E-state index contributed by atoms with van der Waals surface area (Å²) in [6, 6.07) is 6.25. The monoisotopic (exact) mass is 398 g/mol. The third-order valence-electron chi connectivity index (χ3n) is 4.21. The van der Waals surface area contributed by atoms with Crippen molar-refractivity contribution in [2.45, 2.75) is 18.7 Å². The minimum Gasteiger partial charge on any atom is -0.465 e. The molecule has 2 rings (SSSR count). The third kappa shape index (κ3) is 6.79. The fourth-order valence-corrected chi connectivity index (χ4v) is 4.22. The SMILES string of the molecule is CCOC(=O)CN(CCCOC)CC(=O)N1CCS[C@@H]1c1ccc(F)cc1. The number of ether oxygens (including phenoxy) is 2. The molecule has 1 fully saturated rings. The highest BCUT2D eigenvalue weighted by Crippen LogP contribution is 2.37. The minimum atomic E-state index is -0.339. The van der Waals surface area contributed by atoms with Gasteiger partial charge in [-0.15, -0.1) is 11.8 Å². The Morgan fingerprint density at radius 3 is 2.70 bits per heavy atom. The lowest BCUT2D eigenvalue weighted by Crippen LogP contribution is -2.42. The van der Waals surface area contributed by atoms with Crippen molar-refractivity contribution in [3.05, 3.63) is 35.6 Å². The van der Waals surface area contributed by atoms with Crippen molar-refractivity contribution in [1.29, 1.82) is 0 Å². The third-order valence-corrected chi connectivity index (χ3v) is 5.47. The first-order valence-corrected chi connectivity index (χ1v) is 10.1. The molecule has 1 aromatic rings. The molecule has 1 heterocycles. The highest BCUT2D eigenvalue weighted by Gasteiger charge is 2.31. The molecule has 0 aromatic heterocycles. The van der Waals surface area contributed by atoms with Crippen LogP contribution < -0.4 is 0 Å². The van der Waals surface area contributed by atoms with Gasteiger partial charge in [0.2, 0.25) is 5.91 Å². The maximum atomic E-state index is 13.2. The maximum absolute atomic E-state index is 13.2. The van der Waals surface area contributed by atoms with Gasteiger partial charge in [-0.1, -0.05) is 12.1 Å². The van der Waals surface area contributed by atoms with Gasteiger partial charge in [0.15, 0.2) is 0 Å². The molecule has 150 valence electrons. The van der Waals surface area contributed by atoms with Gasteiger partial charge in [0.05, 0.1) is 19.7 Å². The predicted octanol–water partition coefficient (Wildman–Crippen LogP) is 2.30. The number of amides is 1. The lowest BCUT2D eigenvalue weighted by molar-refractivity contribution is -0.145. The van der Waals surface area contributed by atoms with Gasteiger partial charge in [0.1, 0.15) is 11.2 Å². The maximum Gasteiger partial charge on any atom is 0.320 e. The zero-order valence-corrected chi connectivity index (χ0v) is 16.7. The summed E-state index contributed by atoms with van der Waals surface area (Å²) in [6.07, 6.45) is 0.722. The first-order chi connectivity index (χ1) is 13.0. The lowest BCUT2D eigenvalue weighted by Gasteiger charge is -2.28. The fraction of sp³-hybridized carbons (Fsp3) is 0.579. The molecule has 6 nitrogen and oxygen atoms in total. The Labute approximate surface area is 164 Å². The van der Waals surface area contributed by atoms with Crippen LogP contribution in [-0.4, -0.2) is 73.9 Å². The minimum absolute atomic E-state index is 0.0453. The van der Waals surface area contributed by atoms with Crippen LogP contribution >= 0.6 is 11.8 Å². The number of rotatable bonds is 10. The van der Waals surface area contributed by atoms with Crippen LogP contribution in [0.1, 0.15) is 24.3 Å². The normalized spacial score (nSPS) is 16.7. The summed E-state index contributed by atoms with van der Waals surface area (Å²) in [5.41, 5.74) is 0.906. The average Bonchev–Trinajstić information content (AvgIpc) is 3.12. The van der Waals surface area contributed by atoms with Crippen LogP contribution in [-0.2, 0) is 19.1 Å². The Kier molecular flexibility index (Phi) is 9.03. The van der Waals surface area contributed by atoms with E-state index in [4.69, 9.17) is 9.47 Å². The molecule has 0 saturated carbocycles. The standard InChI is InChI=1S/C19H27FN2O4S/c1-3-26-18(24)14-21(9-4-11-25-2)13-17(23)22-10-12-27-19(22)15-5-7-16(20)8-6-15/h5-8,19H,3-4,9-14H2,1-2H3/t19-/m1/s1. The number of methoxy groups -OCH3 is 1. The number of nitrogens with zero attached hydrogens (tertiary/aromatic N) is 2. The van der Waals surface area contributed by atoms with E-state index in [1.807, 2.05) is 0 Å². The molecule has 1 aliphatic heterocycles. The molecule has 0 spiro atoms. The van der Waals surface area contributed by atoms with E-state index in [2.05, 4.69) is 0 Å². The predicted molar refractivity (Wildman–Crippen MR) is 103 cm³/mol. The molecule has 1 aromatic carbocycles. The van der Waals surface area contributed by atoms with E-state index < -0.39 is 0 Å². The van der Waals surface area contributed by atoms with Gasteiger partial charge < -0.3 is 14.4 Å². The Morgan fingerprint density at radius 1 is 1.30 bits per heavy atom. The molecule has 0 bridgehead atoms. The average molecular weight is 399 g/mol. The molecule has 1 atom stereocenters.